The molecule has 104 valence electrons. The summed E-state index contributed by atoms with van der Waals surface area (Å²) in [5.74, 6) is 0.851. The third kappa shape index (κ3) is 2.59. The lowest BCUT2D eigenvalue weighted by Crippen LogP contribution is -2.38. The van der Waals surface area contributed by atoms with Crippen LogP contribution < -0.4 is 5.32 Å². The molecule has 0 bridgehead atoms. The zero-order valence-corrected chi connectivity index (χ0v) is 11.9. The molecule has 2 amide bonds. The fourth-order valence-corrected chi connectivity index (χ4v) is 2.39. The maximum atomic E-state index is 12.2. The van der Waals surface area contributed by atoms with Crippen molar-refractivity contribution in [2.75, 3.05) is 11.9 Å². The van der Waals surface area contributed by atoms with E-state index in [1.165, 1.54) is 0 Å². The SMILES string of the molecule is O=C(Nc1ccc(Cl)c(Cl)c1)N1CCc2oncc2C1. The Balaban J connectivity index is 1.69. The largest absolute Gasteiger partial charge is 0.361 e. The van der Waals surface area contributed by atoms with E-state index in [4.69, 9.17) is 27.7 Å². The van der Waals surface area contributed by atoms with Crippen molar-refractivity contribution >= 4 is 34.9 Å². The number of hydrogen-bond acceptors (Lipinski definition) is 3. The van der Waals surface area contributed by atoms with Crippen LogP contribution in [0.2, 0.25) is 10.0 Å². The number of rotatable bonds is 1. The topological polar surface area (TPSA) is 58.4 Å². The smallest absolute Gasteiger partial charge is 0.322 e. The van der Waals surface area contributed by atoms with Gasteiger partial charge in [0.15, 0.2) is 0 Å². The molecule has 2 heterocycles. The van der Waals surface area contributed by atoms with Crippen LogP contribution in [0.25, 0.3) is 0 Å². The summed E-state index contributed by atoms with van der Waals surface area (Å²) in [5.41, 5.74) is 1.56. The quantitative estimate of drug-likeness (QED) is 0.875. The molecule has 1 aliphatic heterocycles. The fourth-order valence-electron chi connectivity index (χ4n) is 2.09. The Labute approximate surface area is 125 Å². The van der Waals surface area contributed by atoms with Gasteiger partial charge in [0.25, 0.3) is 0 Å². The normalized spacial score (nSPS) is 14.0. The second kappa shape index (κ2) is 5.34. The van der Waals surface area contributed by atoms with Gasteiger partial charge in [-0.15, -0.1) is 0 Å². The van der Waals surface area contributed by atoms with E-state index in [0.717, 1.165) is 11.3 Å². The highest BCUT2D eigenvalue weighted by Gasteiger charge is 2.23. The summed E-state index contributed by atoms with van der Waals surface area (Å²) in [7, 11) is 0. The lowest BCUT2D eigenvalue weighted by atomic mass is 10.1. The number of carbonyl (C=O) groups is 1. The van der Waals surface area contributed by atoms with Gasteiger partial charge in [0.05, 0.1) is 22.8 Å². The molecule has 5 nitrogen and oxygen atoms in total. The van der Waals surface area contributed by atoms with Gasteiger partial charge in [0.1, 0.15) is 5.76 Å². The molecule has 20 heavy (non-hydrogen) atoms. The third-order valence-corrected chi connectivity index (χ3v) is 3.90. The summed E-state index contributed by atoms with van der Waals surface area (Å²) in [6, 6.07) is 4.79. The molecule has 0 atom stereocenters. The number of nitrogens with one attached hydrogen (secondary N) is 1. The standard InChI is InChI=1S/C13H11Cl2N3O2/c14-10-2-1-9(5-11(10)15)17-13(19)18-4-3-12-8(7-18)6-16-20-12/h1-2,5-6H,3-4,7H2,(H,17,19). The highest BCUT2D eigenvalue weighted by Crippen LogP contribution is 2.25. The summed E-state index contributed by atoms with van der Waals surface area (Å²) < 4.78 is 5.09. The molecule has 0 spiro atoms. The number of amides is 2. The monoisotopic (exact) mass is 311 g/mol. The Bertz CT molecular complexity index is 657. The van der Waals surface area contributed by atoms with Crippen LogP contribution in [0.3, 0.4) is 0 Å². The van der Waals surface area contributed by atoms with Gasteiger partial charge >= 0.3 is 6.03 Å². The summed E-state index contributed by atoms with van der Waals surface area (Å²) in [6.07, 6.45) is 2.32. The molecular weight excluding hydrogens is 301 g/mol. The van der Waals surface area contributed by atoms with E-state index in [2.05, 4.69) is 10.5 Å². The number of benzene rings is 1. The molecule has 1 aromatic heterocycles. The van der Waals surface area contributed by atoms with Gasteiger partial charge in [-0.1, -0.05) is 28.4 Å². The number of nitrogens with zero attached hydrogens (tertiary/aromatic N) is 2. The van der Waals surface area contributed by atoms with Crippen LogP contribution in [-0.4, -0.2) is 22.6 Å². The molecule has 0 aliphatic carbocycles. The van der Waals surface area contributed by atoms with Gasteiger partial charge in [-0.25, -0.2) is 4.79 Å². The first-order valence-corrected chi connectivity index (χ1v) is 6.82. The van der Waals surface area contributed by atoms with Crippen LogP contribution in [0.1, 0.15) is 11.3 Å². The van der Waals surface area contributed by atoms with Crippen LogP contribution in [0.15, 0.2) is 28.9 Å². The molecule has 1 aromatic carbocycles. The van der Waals surface area contributed by atoms with Gasteiger partial charge < -0.3 is 14.7 Å². The molecule has 7 heteroatoms. The van der Waals surface area contributed by atoms with E-state index in [1.54, 1.807) is 29.3 Å². The minimum absolute atomic E-state index is 0.185. The van der Waals surface area contributed by atoms with Crippen molar-refractivity contribution in [1.29, 1.82) is 0 Å². The third-order valence-electron chi connectivity index (χ3n) is 3.16. The number of hydrogen-bond donors (Lipinski definition) is 1. The molecule has 1 aliphatic rings. The minimum atomic E-state index is -0.185. The van der Waals surface area contributed by atoms with Gasteiger partial charge in [0.2, 0.25) is 0 Å². The Morgan fingerprint density at radius 1 is 1.35 bits per heavy atom. The number of urea groups is 1. The van der Waals surface area contributed by atoms with Crippen molar-refractivity contribution in [2.45, 2.75) is 13.0 Å². The maximum absolute atomic E-state index is 12.2. The summed E-state index contributed by atoms with van der Waals surface area (Å²) in [4.78, 5) is 13.9. The van der Waals surface area contributed by atoms with Crippen molar-refractivity contribution < 1.29 is 9.32 Å². The Hall–Kier alpha value is -1.72. The van der Waals surface area contributed by atoms with E-state index >= 15 is 0 Å². The number of fused-ring (bicyclic) bond motifs is 1. The number of halogens is 2. The molecule has 0 saturated heterocycles. The Kier molecular flexibility index (Phi) is 3.54. The van der Waals surface area contributed by atoms with Gasteiger partial charge in [-0.3, -0.25) is 0 Å². The summed E-state index contributed by atoms with van der Waals surface area (Å²) in [6.45, 7) is 1.08. The van der Waals surface area contributed by atoms with Crippen molar-refractivity contribution in [3.05, 3.63) is 45.8 Å². The molecule has 0 fully saturated rings. The first kappa shape index (κ1) is 13.3. The van der Waals surface area contributed by atoms with E-state index in [1.807, 2.05) is 0 Å². The average molecular weight is 312 g/mol. The molecule has 3 rings (SSSR count). The summed E-state index contributed by atoms with van der Waals surface area (Å²) in [5, 5.41) is 7.40. The fraction of sp³-hybridized carbons (Fsp3) is 0.231. The Morgan fingerprint density at radius 3 is 3.00 bits per heavy atom. The molecule has 0 saturated carbocycles. The van der Waals surface area contributed by atoms with Crippen LogP contribution in [-0.2, 0) is 13.0 Å². The predicted molar refractivity (Wildman–Crippen MR) is 76.1 cm³/mol. The van der Waals surface area contributed by atoms with Crippen molar-refractivity contribution in [3.8, 4) is 0 Å². The van der Waals surface area contributed by atoms with E-state index in [0.29, 0.717) is 35.2 Å². The lowest BCUT2D eigenvalue weighted by molar-refractivity contribution is 0.202. The molecule has 0 unspecified atom stereocenters. The molecule has 2 aromatic rings. The summed E-state index contributed by atoms with van der Waals surface area (Å²) >= 11 is 11.8. The second-order valence-corrected chi connectivity index (χ2v) is 5.32. The molecular formula is C13H11Cl2N3O2. The van der Waals surface area contributed by atoms with Crippen molar-refractivity contribution in [2.24, 2.45) is 0 Å². The van der Waals surface area contributed by atoms with Crippen molar-refractivity contribution in [3.63, 3.8) is 0 Å². The highest BCUT2D eigenvalue weighted by atomic mass is 35.5. The number of carbonyl (C=O) groups excluding carboxylic acids is 1. The van der Waals surface area contributed by atoms with Crippen LogP contribution in [0.5, 0.6) is 0 Å². The molecule has 1 N–H and O–H groups in total. The van der Waals surface area contributed by atoms with Crippen LogP contribution in [0.4, 0.5) is 10.5 Å². The highest BCUT2D eigenvalue weighted by molar-refractivity contribution is 6.42. The maximum Gasteiger partial charge on any atom is 0.322 e. The van der Waals surface area contributed by atoms with Gasteiger partial charge in [0, 0.05) is 24.2 Å². The van der Waals surface area contributed by atoms with Gasteiger partial charge in [-0.2, -0.15) is 0 Å². The van der Waals surface area contributed by atoms with Gasteiger partial charge in [-0.05, 0) is 18.2 Å². The van der Waals surface area contributed by atoms with E-state index in [9.17, 15) is 4.79 Å². The first-order valence-electron chi connectivity index (χ1n) is 6.07. The minimum Gasteiger partial charge on any atom is -0.361 e. The number of anilines is 1. The zero-order valence-electron chi connectivity index (χ0n) is 10.4. The zero-order chi connectivity index (χ0) is 14.1. The van der Waals surface area contributed by atoms with Crippen LogP contribution in [0, 0.1) is 0 Å². The van der Waals surface area contributed by atoms with E-state index in [-0.39, 0.29) is 6.03 Å². The lowest BCUT2D eigenvalue weighted by Gasteiger charge is -2.25. The number of aromatic nitrogens is 1. The average Bonchev–Trinajstić information content (AvgIpc) is 2.90. The first-order chi connectivity index (χ1) is 9.63. The van der Waals surface area contributed by atoms with Crippen LogP contribution >= 0.6 is 23.2 Å². The molecule has 0 radical (unpaired) electrons. The predicted octanol–water partition coefficient (Wildman–Crippen LogP) is 3.57. The Morgan fingerprint density at radius 2 is 2.20 bits per heavy atom. The van der Waals surface area contributed by atoms with Crippen molar-refractivity contribution in [1.82, 2.24) is 10.1 Å². The second-order valence-electron chi connectivity index (χ2n) is 4.50. The van der Waals surface area contributed by atoms with E-state index < -0.39 is 0 Å².